The first-order valence-electron chi connectivity index (χ1n) is 11.7. The van der Waals surface area contributed by atoms with Crippen molar-refractivity contribution in [3.8, 4) is 5.75 Å². The number of rotatable bonds is 7. The number of fused-ring (bicyclic) bond motifs is 2. The van der Waals surface area contributed by atoms with E-state index in [4.69, 9.17) is 0 Å². The van der Waals surface area contributed by atoms with E-state index in [1.54, 1.807) is 30.3 Å². The normalized spacial score (nSPS) is 12.7. The lowest BCUT2D eigenvalue weighted by atomic mass is 10.1. The molecule has 0 aliphatic heterocycles. The maximum absolute atomic E-state index is 12.3. The van der Waals surface area contributed by atoms with Crippen LogP contribution < -0.4 is 5.32 Å². The zero-order valence-corrected chi connectivity index (χ0v) is 23.4. The van der Waals surface area contributed by atoms with Crippen molar-refractivity contribution < 1.29 is 44.0 Å². The summed E-state index contributed by atoms with van der Waals surface area (Å²) in [4.78, 5) is -1.88. The van der Waals surface area contributed by atoms with Gasteiger partial charge in [-0.2, -0.15) is 25.3 Å². The highest BCUT2D eigenvalue weighted by atomic mass is 32.2. The average Bonchev–Trinajstić information content (AvgIpc) is 2.90. The fourth-order valence-electron chi connectivity index (χ4n) is 4.34. The van der Waals surface area contributed by atoms with Crippen LogP contribution in [0, 0.1) is 0 Å². The number of benzene rings is 5. The summed E-state index contributed by atoms with van der Waals surface area (Å²) in [5.74, 6) is -0.697. The van der Waals surface area contributed by atoms with E-state index in [1.165, 1.54) is 30.3 Å². The topological polar surface area (TPSA) is 220 Å². The number of nitrogens with zero attached hydrogens (tertiary/aromatic N) is 2. The number of phenols is 1. The quantitative estimate of drug-likeness (QED) is 0.110. The van der Waals surface area contributed by atoms with E-state index in [9.17, 15) is 44.0 Å². The first kappa shape index (κ1) is 29.1. The zero-order chi connectivity index (χ0) is 30.4. The molecule has 216 valence electrons. The molecule has 5 N–H and O–H groups in total. The van der Waals surface area contributed by atoms with Crippen LogP contribution in [0.4, 0.5) is 22.7 Å². The highest BCUT2D eigenvalue weighted by Gasteiger charge is 2.21. The van der Waals surface area contributed by atoms with Gasteiger partial charge in [0.05, 0.1) is 26.6 Å². The van der Waals surface area contributed by atoms with Crippen molar-refractivity contribution in [2.75, 3.05) is 5.32 Å². The minimum absolute atomic E-state index is 0.0635. The van der Waals surface area contributed by atoms with Crippen LogP contribution in [0.1, 0.15) is 0 Å². The molecule has 0 unspecified atom stereocenters. The van der Waals surface area contributed by atoms with Gasteiger partial charge in [-0.15, -0.1) is 10.2 Å². The van der Waals surface area contributed by atoms with Gasteiger partial charge in [0.25, 0.3) is 30.4 Å². The summed E-state index contributed by atoms with van der Waals surface area (Å²) in [6.07, 6.45) is 0. The SMILES string of the molecule is O=S(=O)(O)c1cc(O)c2c(/N=N/c3ccc(Nc4ccccc4)c4c(S(=O)(=O)O)cccc34)cc(S(=O)(=O)O)cc2c1. The molecule has 5 aromatic rings. The summed E-state index contributed by atoms with van der Waals surface area (Å²) < 4.78 is 101. The minimum Gasteiger partial charge on any atom is -0.507 e. The molecule has 0 heterocycles. The lowest BCUT2D eigenvalue weighted by molar-refractivity contribution is 0.471. The summed E-state index contributed by atoms with van der Waals surface area (Å²) in [6, 6.07) is 19.2. The van der Waals surface area contributed by atoms with Gasteiger partial charge in [0, 0.05) is 28.2 Å². The van der Waals surface area contributed by atoms with Gasteiger partial charge >= 0.3 is 0 Å². The van der Waals surface area contributed by atoms with E-state index < -0.39 is 50.8 Å². The lowest BCUT2D eigenvalue weighted by Gasteiger charge is -2.14. The second-order valence-electron chi connectivity index (χ2n) is 8.91. The molecule has 13 nitrogen and oxygen atoms in total. The standard InChI is InChI=1S/C26H19N3O10S3/c30-23-14-18(41(34,35)36)12-15-11-17(40(31,32)33)13-22(25(15)23)29-28-20-9-10-21(27-16-5-2-1-3-6-16)26-19(20)7-4-8-24(26)42(37,38)39/h1-14,27,30H,(H,31,32,33)(H,34,35,36)(H,37,38,39)/b29-28+. The molecule has 0 bridgehead atoms. The van der Waals surface area contributed by atoms with Crippen LogP contribution in [-0.4, -0.2) is 44.0 Å². The first-order chi connectivity index (χ1) is 19.6. The van der Waals surface area contributed by atoms with Crippen LogP contribution in [-0.2, 0) is 30.4 Å². The lowest BCUT2D eigenvalue weighted by Crippen LogP contribution is -2.01. The average molecular weight is 630 g/mol. The van der Waals surface area contributed by atoms with E-state index in [1.807, 2.05) is 0 Å². The zero-order valence-electron chi connectivity index (χ0n) is 20.9. The van der Waals surface area contributed by atoms with Crippen LogP contribution in [0.3, 0.4) is 0 Å². The number of nitrogens with one attached hydrogen (secondary N) is 1. The van der Waals surface area contributed by atoms with E-state index in [2.05, 4.69) is 15.5 Å². The molecule has 0 saturated heterocycles. The fourth-order valence-corrected chi connectivity index (χ4v) is 6.14. The van der Waals surface area contributed by atoms with Gasteiger partial charge < -0.3 is 10.4 Å². The Kier molecular flexibility index (Phi) is 7.22. The first-order valence-corrected chi connectivity index (χ1v) is 16.0. The number of anilines is 2. The molecular weight excluding hydrogens is 610 g/mol. The summed E-state index contributed by atoms with van der Waals surface area (Å²) in [7, 11) is -14.4. The van der Waals surface area contributed by atoms with Crippen LogP contribution >= 0.6 is 0 Å². The Labute approximate surface area is 239 Å². The molecule has 5 rings (SSSR count). The van der Waals surface area contributed by atoms with E-state index in [-0.39, 0.29) is 32.9 Å². The molecule has 0 aliphatic rings. The Hall–Kier alpha value is -4.45. The van der Waals surface area contributed by atoms with Gasteiger partial charge in [0.2, 0.25) is 0 Å². The van der Waals surface area contributed by atoms with Gasteiger partial charge in [0.1, 0.15) is 10.6 Å². The van der Waals surface area contributed by atoms with E-state index in [0.717, 1.165) is 24.3 Å². The predicted octanol–water partition coefficient (Wildman–Crippen LogP) is 5.60. The van der Waals surface area contributed by atoms with Crippen molar-refractivity contribution in [3.05, 3.63) is 84.9 Å². The number of hydrogen-bond donors (Lipinski definition) is 5. The van der Waals surface area contributed by atoms with Gasteiger partial charge in [0.15, 0.2) is 0 Å². The number of aromatic hydroxyl groups is 1. The van der Waals surface area contributed by atoms with Gasteiger partial charge in [-0.3, -0.25) is 13.7 Å². The van der Waals surface area contributed by atoms with Crippen LogP contribution in [0.25, 0.3) is 21.5 Å². The van der Waals surface area contributed by atoms with Crippen molar-refractivity contribution in [1.82, 2.24) is 0 Å². The summed E-state index contributed by atoms with van der Waals surface area (Å²) in [5, 5.41) is 21.7. The maximum Gasteiger partial charge on any atom is 0.295 e. The molecule has 0 fully saturated rings. The van der Waals surface area contributed by atoms with Crippen LogP contribution in [0.15, 0.2) is 110 Å². The number of phenolic OH excluding ortho intramolecular Hbond substituents is 1. The number of azo groups is 1. The Bertz CT molecular complexity index is 2250. The summed E-state index contributed by atoms with van der Waals surface area (Å²) >= 11 is 0. The maximum atomic E-state index is 12.3. The van der Waals surface area contributed by atoms with Gasteiger partial charge in [-0.05, 0) is 53.9 Å². The Morgan fingerprint density at radius 1 is 0.595 bits per heavy atom. The van der Waals surface area contributed by atoms with Crippen LogP contribution in [0.5, 0.6) is 5.75 Å². The summed E-state index contributed by atoms with van der Waals surface area (Å²) in [6.45, 7) is 0. The number of hydrogen-bond acceptors (Lipinski definition) is 10. The Morgan fingerprint density at radius 2 is 1.21 bits per heavy atom. The molecular formula is C26H19N3O10S3. The molecule has 16 heteroatoms. The molecule has 0 amide bonds. The van der Waals surface area contributed by atoms with Gasteiger partial charge in [-0.1, -0.05) is 30.3 Å². The van der Waals surface area contributed by atoms with Crippen molar-refractivity contribution in [3.63, 3.8) is 0 Å². The second-order valence-corrected chi connectivity index (χ2v) is 13.1. The monoisotopic (exact) mass is 629 g/mol. The molecule has 0 atom stereocenters. The smallest absolute Gasteiger partial charge is 0.295 e. The molecule has 0 radical (unpaired) electrons. The van der Waals surface area contributed by atoms with E-state index in [0.29, 0.717) is 11.4 Å². The third-order valence-corrected chi connectivity index (χ3v) is 8.68. The molecule has 0 saturated carbocycles. The molecule has 0 aliphatic carbocycles. The highest BCUT2D eigenvalue weighted by Crippen LogP contribution is 2.41. The highest BCUT2D eigenvalue weighted by molar-refractivity contribution is 7.86. The fraction of sp³-hybridized carbons (Fsp3) is 0. The minimum atomic E-state index is -4.85. The largest absolute Gasteiger partial charge is 0.507 e. The molecule has 0 aromatic heterocycles. The van der Waals surface area contributed by atoms with Crippen molar-refractivity contribution in [2.45, 2.75) is 14.7 Å². The Morgan fingerprint density at radius 3 is 1.83 bits per heavy atom. The predicted molar refractivity (Wildman–Crippen MR) is 153 cm³/mol. The summed E-state index contributed by atoms with van der Waals surface area (Å²) in [5.41, 5.74) is 0.669. The van der Waals surface area contributed by atoms with Crippen molar-refractivity contribution in [2.24, 2.45) is 10.2 Å². The third kappa shape index (κ3) is 5.80. The molecule has 42 heavy (non-hydrogen) atoms. The third-order valence-electron chi connectivity index (χ3n) is 6.13. The molecule has 5 aromatic carbocycles. The number of para-hydroxylation sites is 1. The van der Waals surface area contributed by atoms with E-state index >= 15 is 0 Å². The van der Waals surface area contributed by atoms with Gasteiger partial charge in [-0.25, -0.2) is 0 Å². The Balaban J connectivity index is 1.74. The second kappa shape index (κ2) is 10.4. The van der Waals surface area contributed by atoms with Crippen molar-refractivity contribution >= 4 is 74.6 Å². The molecule has 0 spiro atoms. The van der Waals surface area contributed by atoms with Crippen molar-refractivity contribution in [1.29, 1.82) is 0 Å². The van der Waals surface area contributed by atoms with Crippen LogP contribution in [0.2, 0.25) is 0 Å².